The summed E-state index contributed by atoms with van der Waals surface area (Å²) in [5, 5.41) is 11.6. The lowest BCUT2D eigenvalue weighted by Crippen LogP contribution is -2.32. The van der Waals surface area contributed by atoms with E-state index in [-0.39, 0.29) is 16.7 Å². The Morgan fingerprint density at radius 2 is 1.85 bits per heavy atom. The molecular weight excluding hydrogens is 430 g/mol. The minimum absolute atomic E-state index is 0.0319. The number of hydrogen-bond acceptors (Lipinski definition) is 5. The quantitative estimate of drug-likeness (QED) is 0.429. The standard InChI is InChI=1S/C28H31NO5/c1-6-7-15-29-23(17-11-13-19(14-12-17)28(2,3)4)22(25(31)27(29)32)24(30)21-16-18-9-8-10-20(33-5)26(18)34-21/h8-14,16,23,31H,6-7,15H2,1-5H3. The first-order chi connectivity index (χ1) is 16.2. The van der Waals surface area contributed by atoms with Crippen molar-refractivity contribution >= 4 is 22.7 Å². The molecule has 1 aliphatic heterocycles. The Labute approximate surface area is 199 Å². The highest BCUT2D eigenvalue weighted by Gasteiger charge is 2.44. The van der Waals surface area contributed by atoms with Crippen molar-refractivity contribution in [3.63, 3.8) is 0 Å². The van der Waals surface area contributed by atoms with Gasteiger partial charge in [-0.15, -0.1) is 0 Å². The molecule has 3 aromatic rings. The first-order valence-corrected chi connectivity index (χ1v) is 11.6. The molecule has 6 heteroatoms. The second kappa shape index (κ2) is 9.01. The van der Waals surface area contributed by atoms with E-state index >= 15 is 0 Å². The predicted octanol–water partition coefficient (Wildman–Crippen LogP) is 6.12. The molecule has 0 saturated carbocycles. The molecule has 0 radical (unpaired) electrons. The normalized spacial score (nSPS) is 16.6. The molecule has 0 saturated heterocycles. The van der Waals surface area contributed by atoms with Gasteiger partial charge >= 0.3 is 0 Å². The van der Waals surface area contributed by atoms with Gasteiger partial charge in [-0.05, 0) is 35.1 Å². The van der Waals surface area contributed by atoms with Gasteiger partial charge < -0.3 is 19.2 Å². The first kappa shape index (κ1) is 23.6. The maximum Gasteiger partial charge on any atom is 0.290 e. The molecule has 1 unspecified atom stereocenters. The number of carbonyl (C=O) groups excluding carboxylic acids is 2. The van der Waals surface area contributed by atoms with Crippen LogP contribution in [0.5, 0.6) is 5.75 Å². The van der Waals surface area contributed by atoms with Crippen molar-refractivity contribution in [3.05, 3.63) is 76.8 Å². The number of methoxy groups -OCH3 is 1. The van der Waals surface area contributed by atoms with Gasteiger partial charge in [-0.1, -0.05) is 70.5 Å². The number of aliphatic hydroxyl groups is 1. The monoisotopic (exact) mass is 461 g/mol. The average Bonchev–Trinajstić information content (AvgIpc) is 3.36. The fourth-order valence-electron chi connectivity index (χ4n) is 4.40. The van der Waals surface area contributed by atoms with E-state index in [1.807, 2.05) is 43.3 Å². The lowest BCUT2D eigenvalue weighted by atomic mass is 9.85. The Bertz CT molecular complexity index is 1260. The van der Waals surface area contributed by atoms with E-state index in [1.54, 1.807) is 17.0 Å². The maximum absolute atomic E-state index is 13.7. The Morgan fingerprint density at radius 1 is 1.15 bits per heavy atom. The Balaban J connectivity index is 1.80. The molecular formula is C28H31NO5. The minimum atomic E-state index is -0.685. The number of Topliss-reactive ketones (excluding diaryl/α,β-unsaturated/α-hetero) is 1. The summed E-state index contributed by atoms with van der Waals surface area (Å²) in [7, 11) is 1.53. The van der Waals surface area contributed by atoms with E-state index in [2.05, 4.69) is 20.8 Å². The van der Waals surface area contributed by atoms with E-state index in [4.69, 9.17) is 9.15 Å². The van der Waals surface area contributed by atoms with Crippen LogP contribution in [0.1, 0.15) is 68.3 Å². The zero-order valence-corrected chi connectivity index (χ0v) is 20.3. The average molecular weight is 462 g/mol. The number of unbranched alkanes of at least 4 members (excludes halogenated alkanes) is 1. The van der Waals surface area contributed by atoms with Crippen LogP contribution in [-0.4, -0.2) is 35.4 Å². The highest BCUT2D eigenvalue weighted by molar-refractivity contribution is 6.16. The Kier molecular flexibility index (Phi) is 6.26. The number of fused-ring (bicyclic) bond motifs is 1. The predicted molar refractivity (Wildman–Crippen MR) is 131 cm³/mol. The molecule has 178 valence electrons. The van der Waals surface area contributed by atoms with Crippen molar-refractivity contribution in [1.82, 2.24) is 4.90 Å². The zero-order valence-electron chi connectivity index (χ0n) is 20.3. The van der Waals surface area contributed by atoms with Crippen LogP contribution < -0.4 is 4.74 Å². The van der Waals surface area contributed by atoms with E-state index in [1.165, 1.54) is 7.11 Å². The summed E-state index contributed by atoms with van der Waals surface area (Å²) in [4.78, 5) is 28.3. The number of amides is 1. The number of carbonyl (C=O) groups is 2. The molecule has 0 fully saturated rings. The van der Waals surface area contributed by atoms with Gasteiger partial charge in [-0.2, -0.15) is 0 Å². The number of ketones is 1. The minimum Gasteiger partial charge on any atom is -0.503 e. The molecule has 0 bridgehead atoms. The van der Waals surface area contributed by atoms with Crippen LogP contribution in [0.4, 0.5) is 0 Å². The Morgan fingerprint density at radius 3 is 2.47 bits per heavy atom. The number of furan rings is 1. The van der Waals surface area contributed by atoms with Crippen molar-refractivity contribution < 1.29 is 23.8 Å². The molecule has 1 aliphatic rings. The fourth-order valence-corrected chi connectivity index (χ4v) is 4.40. The summed E-state index contributed by atoms with van der Waals surface area (Å²) in [6.45, 7) is 8.87. The molecule has 1 amide bonds. The largest absolute Gasteiger partial charge is 0.503 e. The highest BCUT2D eigenvalue weighted by atomic mass is 16.5. The lowest BCUT2D eigenvalue weighted by Gasteiger charge is -2.27. The molecule has 1 atom stereocenters. The van der Waals surface area contributed by atoms with Crippen LogP contribution in [0.3, 0.4) is 0 Å². The second-order valence-electron chi connectivity index (χ2n) is 9.71. The van der Waals surface area contributed by atoms with E-state index in [0.717, 1.165) is 24.0 Å². The van der Waals surface area contributed by atoms with Crippen LogP contribution in [0.15, 0.2) is 64.3 Å². The molecule has 4 rings (SSSR count). The third kappa shape index (κ3) is 4.09. The molecule has 2 heterocycles. The summed E-state index contributed by atoms with van der Waals surface area (Å²) >= 11 is 0. The van der Waals surface area contributed by atoms with Crippen LogP contribution >= 0.6 is 0 Å². The molecule has 6 nitrogen and oxygen atoms in total. The Hall–Kier alpha value is -3.54. The number of para-hydroxylation sites is 1. The number of ether oxygens (including phenoxy) is 1. The number of hydrogen-bond donors (Lipinski definition) is 1. The summed E-state index contributed by atoms with van der Waals surface area (Å²) in [6, 6.07) is 14.2. The van der Waals surface area contributed by atoms with E-state index in [0.29, 0.717) is 23.3 Å². The first-order valence-electron chi connectivity index (χ1n) is 11.6. The zero-order chi connectivity index (χ0) is 24.6. The second-order valence-corrected chi connectivity index (χ2v) is 9.71. The maximum atomic E-state index is 13.7. The van der Waals surface area contributed by atoms with Gasteiger partial charge in [0, 0.05) is 11.9 Å². The van der Waals surface area contributed by atoms with Gasteiger partial charge in [-0.3, -0.25) is 9.59 Å². The number of nitrogens with zero attached hydrogens (tertiary/aromatic N) is 1. The van der Waals surface area contributed by atoms with Gasteiger partial charge in [0.15, 0.2) is 22.9 Å². The van der Waals surface area contributed by atoms with Gasteiger partial charge in [0.2, 0.25) is 5.78 Å². The van der Waals surface area contributed by atoms with Gasteiger partial charge in [0.1, 0.15) is 0 Å². The highest BCUT2D eigenvalue weighted by Crippen LogP contribution is 2.41. The molecule has 2 aromatic carbocycles. The van der Waals surface area contributed by atoms with Crippen LogP contribution in [0.2, 0.25) is 0 Å². The van der Waals surface area contributed by atoms with E-state index < -0.39 is 23.5 Å². The van der Waals surface area contributed by atoms with Crippen molar-refractivity contribution in [2.24, 2.45) is 0 Å². The van der Waals surface area contributed by atoms with Crippen molar-refractivity contribution in [3.8, 4) is 5.75 Å². The third-order valence-corrected chi connectivity index (χ3v) is 6.34. The van der Waals surface area contributed by atoms with Crippen LogP contribution in [0.25, 0.3) is 11.0 Å². The van der Waals surface area contributed by atoms with Crippen molar-refractivity contribution in [1.29, 1.82) is 0 Å². The summed E-state index contributed by atoms with van der Waals surface area (Å²) in [5.41, 5.74) is 2.38. The van der Waals surface area contributed by atoms with Crippen molar-refractivity contribution in [2.45, 2.75) is 52.0 Å². The topological polar surface area (TPSA) is 80.0 Å². The number of benzene rings is 2. The molecule has 0 aliphatic carbocycles. The SMILES string of the molecule is CCCCN1C(=O)C(O)=C(C(=O)c2cc3cccc(OC)c3o2)C1c1ccc(C(C)(C)C)cc1. The molecule has 34 heavy (non-hydrogen) atoms. The van der Waals surface area contributed by atoms with Crippen LogP contribution in [-0.2, 0) is 10.2 Å². The van der Waals surface area contributed by atoms with Gasteiger partial charge in [0.05, 0.1) is 18.7 Å². The molecule has 0 spiro atoms. The van der Waals surface area contributed by atoms with Crippen LogP contribution in [0, 0.1) is 0 Å². The van der Waals surface area contributed by atoms with E-state index in [9.17, 15) is 14.7 Å². The summed E-state index contributed by atoms with van der Waals surface area (Å²) in [5.74, 6) is -0.986. The lowest BCUT2D eigenvalue weighted by molar-refractivity contribution is -0.129. The summed E-state index contributed by atoms with van der Waals surface area (Å²) in [6.07, 6.45) is 1.64. The van der Waals surface area contributed by atoms with Gasteiger partial charge in [-0.25, -0.2) is 0 Å². The number of rotatable bonds is 7. The molecule has 1 aromatic heterocycles. The third-order valence-electron chi connectivity index (χ3n) is 6.34. The fraction of sp³-hybridized carbons (Fsp3) is 0.357. The van der Waals surface area contributed by atoms with Crippen molar-refractivity contribution in [2.75, 3.05) is 13.7 Å². The molecule has 1 N–H and O–H groups in total. The number of aliphatic hydroxyl groups excluding tert-OH is 1. The smallest absolute Gasteiger partial charge is 0.290 e. The summed E-state index contributed by atoms with van der Waals surface area (Å²) < 4.78 is 11.2. The van der Waals surface area contributed by atoms with Gasteiger partial charge in [0.25, 0.3) is 5.91 Å².